The standard InChI is InChI=1S/C23H22F3N5O.2ClH/c1-14(2)31-22(17-7-5-6-8-18(17)23(24,25)26)28-21(29-31)16-9-10-19(20(11-16)32-4)30-12-15(3)27-13-30;;/h5-14H,1-4H3;2*1H. The van der Waals surface area contributed by atoms with Gasteiger partial charge in [-0.15, -0.1) is 24.8 Å². The summed E-state index contributed by atoms with van der Waals surface area (Å²) < 4.78 is 49.8. The van der Waals surface area contributed by atoms with E-state index in [2.05, 4.69) is 15.1 Å². The lowest BCUT2D eigenvalue weighted by atomic mass is 10.1. The van der Waals surface area contributed by atoms with Gasteiger partial charge < -0.3 is 9.30 Å². The molecule has 182 valence electrons. The number of ether oxygens (including phenoxy) is 1. The zero-order valence-electron chi connectivity index (χ0n) is 18.9. The first-order chi connectivity index (χ1) is 15.2. The van der Waals surface area contributed by atoms with Gasteiger partial charge in [0.15, 0.2) is 11.6 Å². The summed E-state index contributed by atoms with van der Waals surface area (Å²) in [6.45, 7) is 5.59. The van der Waals surface area contributed by atoms with Gasteiger partial charge in [0, 0.05) is 23.4 Å². The highest BCUT2D eigenvalue weighted by Gasteiger charge is 2.35. The van der Waals surface area contributed by atoms with E-state index in [0.717, 1.165) is 17.4 Å². The molecule has 11 heteroatoms. The highest BCUT2D eigenvalue weighted by atomic mass is 35.5. The normalized spacial score (nSPS) is 11.2. The third-order valence-electron chi connectivity index (χ3n) is 5.02. The van der Waals surface area contributed by atoms with Crippen LogP contribution in [0.2, 0.25) is 0 Å². The summed E-state index contributed by atoms with van der Waals surface area (Å²) in [4.78, 5) is 8.74. The van der Waals surface area contributed by atoms with E-state index in [1.54, 1.807) is 25.6 Å². The van der Waals surface area contributed by atoms with Gasteiger partial charge in [0.1, 0.15) is 5.75 Å². The Bertz CT molecular complexity index is 1270. The van der Waals surface area contributed by atoms with E-state index in [4.69, 9.17) is 4.74 Å². The van der Waals surface area contributed by atoms with E-state index in [0.29, 0.717) is 17.1 Å². The first-order valence-electron chi connectivity index (χ1n) is 10.0. The topological polar surface area (TPSA) is 57.8 Å². The minimum atomic E-state index is -4.50. The van der Waals surface area contributed by atoms with Gasteiger partial charge in [-0.2, -0.15) is 18.3 Å². The number of hydrogen-bond donors (Lipinski definition) is 0. The lowest BCUT2D eigenvalue weighted by molar-refractivity contribution is -0.137. The smallest absolute Gasteiger partial charge is 0.417 e. The second-order valence-corrected chi connectivity index (χ2v) is 7.65. The first kappa shape index (κ1) is 27.2. The zero-order valence-corrected chi connectivity index (χ0v) is 20.5. The van der Waals surface area contributed by atoms with Crippen molar-refractivity contribution in [3.05, 3.63) is 66.2 Å². The Labute approximate surface area is 207 Å². The Hall–Kier alpha value is -3.04. The number of hydrogen-bond acceptors (Lipinski definition) is 4. The maximum absolute atomic E-state index is 13.6. The maximum atomic E-state index is 13.6. The van der Waals surface area contributed by atoms with E-state index < -0.39 is 11.7 Å². The fourth-order valence-corrected chi connectivity index (χ4v) is 3.50. The van der Waals surface area contributed by atoms with Crippen molar-refractivity contribution in [2.75, 3.05) is 7.11 Å². The van der Waals surface area contributed by atoms with Crippen LogP contribution in [0.1, 0.15) is 31.1 Å². The Kier molecular flexibility index (Phi) is 8.39. The Morgan fingerprint density at radius 3 is 2.32 bits per heavy atom. The molecule has 6 nitrogen and oxygen atoms in total. The molecular formula is C23H24Cl2F3N5O. The molecule has 4 aromatic rings. The molecular weight excluding hydrogens is 490 g/mol. The second-order valence-electron chi connectivity index (χ2n) is 7.65. The molecule has 0 atom stereocenters. The van der Waals surface area contributed by atoms with Crippen molar-refractivity contribution < 1.29 is 17.9 Å². The van der Waals surface area contributed by atoms with E-state index in [9.17, 15) is 13.2 Å². The molecule has 0 bridgehead atoms. The first-order valence-corrected chi connectivity index (χ1v) is 10.0. The molecule has 0 unspecified atom stereocenters. The van der Waals surface area contributed by atoms with Crippen molar-refractivity contribution in [2.24, 2.45) is 0 Å². The summed E-state index contributed by atoms with van der Waals surface area (Å²) in [6, 6.07) is 10.6. The lowest BCUT2D eigenvalue weighted by Gasteiger charge is -2.14. The summed E-state index contributed by atoms with van der Waals surface area (Å²) in [5.41, 5.74) is 1.52. The van der Waals surface area contributed by atoms with Crippen molar-refractivity contribution in [2.45, 2.75) is 33.0 Å². The second kappa shape index (κ2) is 10.5. The number of methoxy groups -OCH3 is 1. The Balaban J connectivity index is 0.00000204. The van der Waals surface area contributed by atoms with Crippen LogP contribution in [0.4, 0.5) is 13.2 Å². The van der Waals surface area contributed by atoms with Gasteiger partial charge in [-0.3, -0.25) is 0 Å². The largest absolute Gasteiger partial charge is 0.495 e. The predicted molar refractivity (Wildman–Crippen MR) is 129 cm³/mol. The quantitative estimate of drug-likeness (QED) is 0.303. The van der Waals surface area contributed by atoms with Crippen LogP contribution in [-0.2, 0) is 6.18 Å². The molecule has 2 aromatic heterocycles. The van der Waals surface area contributed by atoms with Gasteiger partial charge in [0.25, 0.3) is 0 Å². The highest BCUT2D eigenvalue weighted by molar-refractivity contribution is 5.85. The van der Waals surface area contributed by atoms with Crippen LogP contribution in [0.15, 0.2) is 55.0 Å². The molecule has 4 rings (SSSR count). The predicted octanol–water partition coefficient (Wildman–Crippen LogP) is 6.56. The molecule has 0 saturated carbocycles. The van der Waals surface area contributed by atoms with Crippen LogP contribution in [0.3, 0.4) is 0 Å². The van der Waals surface area contributed by atoms with Crippen LogP contribution in [0.25, 0.3) is 28.5 Å². The number of benzene rings is 2. The summed E-state index contributed by atoms with van der Waals surface area (Å²) in [6.07, 6.45) is -0.946. The summed E-state index contributed by atoms with van der Waals surface area (Å²) >= 11 is 0. The molecule has 0 spiro atoms. The van der Waals surface area contributed by atoms with Gasteiger partial charge in [-0.05, 0) is 45.0 Å². The monoisotopic (exact) mass is 513 g/mol. The minimum absolute atomic E-state index is 0. The number of aryl methyl sites for hydroxylation is 1. The summed E-state index contributed by atoms with van der Waals surface area (Å²) in [7, 11) is 1.55. The summed E-state index contributed by atoms with van der Waals surface area (Å²) in [5.74, 6) is 1.05. The van der Waals surface area contributed by atoms with Gasteiger partial charge in [-0.25, -0.2) is 14.6 Å². The van der Waals surface area contributed by atoms with Gasteiger partial charge in [0.2, 0.25) is 0 Å². The van der Waals surface area contributed by atoms with Gasteiger partial charge >= 0.3 is 6.18 Å². The fourth-order valence-electron chi connectivity index (χ4n) is 3.50. The van der Waals surface area contributed by atoms with E-state index >= 15 is 0 Å². The minimum Gasteiger partial charge on any atom is -0.495 e. The molecule has 0 radical (unpaired) electrons. The molecule has 0 fully saturated rings. The lowest BCUT2D eigenvalue weighted by Crippen LogP contribution is -2.11. The van der Waals surface area contributed by atoms with E-state index in [-0.39, 0.29) is 42.2 Å². The molecule has 2 aromatic carbocycles. The molecule has 0 amide bonds. The SMILES string of the molecule is COc1cc(-c2nc(-c3ccccc3C(F)(F)F)n(C(C)C)n2)ccc1-n1cnc(C)c1.Cl.Cl. The maximum Gasteiger partial charge on any atom is 0.417 e. The van der Waals surface area contributed by atoms with Crippen molar-refractivity contribution >= 4 is 24.8 Å². The van der Waals surface area contributed by atoms with Crippen LogP contribution in [-0.4, -0.2) is 31.4 Å². The van der Waals surface area contributed by atoms with Crippen molar-refractivity contribution in [3.63, 3.8) is 0 Å². The van der Waals surface area contributed by atoms with Crippen molar-refractivity contribution in [1.82, 2.24) is 24.3 Å². The molecule has 34 heavy (non-hydrogen) atoms. The van der Waals surface area contributed by atoms with Gasteiger partial charge in [0.05, 0.1) is 30.4 Å². The number of aromatic nitrogens is 5. The molecule has 0 aliphatic rings. The molecule has 0 saturated heterocycles. The zero-order chi connectivity index (χ0) is 23.0. The van der Waals surface area contributed by atoms with E-state index in [1.807, 2.05) is 43.7 Å². The number of halogens is 5. The molecule has 0 N–H and O–H groups in total. The van der Waals surface area contributed by atoms with Crippen LogP contribution >= 0.6 is 24.8 Å². The van der Waals surface area contributed by atoms with Gasteiger partial charge in [-0.1, -0.05) is 18.2 Å². The van der Waals surface area contributed by atoms with E-state index in [1.165, 1.54) is 16.8 Å². The summed E-state index contributed by atoms with van der Waals surface area (Å²) in [5, 5.41) is 4.52. The third-order valence-corrected chi connectivity index (χ3v) is 5.02. The third kappa shape index (κ3) is 5.20. The molecule has 0 aliphatic heterocycles. The van der Waals surface area contributed by atoms with Crippen LogP contribution in [0, 0.1) is 6.92 Å². The Morgan fingerprint density at radius 2 is 1.74 bits per heavy atom. The van der Waals surface area contributed by atoms with Crippen LogP contribution < -0.4 is 4.74 Å². The number of nitrogens with zero attached hydrogens (tertiary/aromatic N) is 5. The number of alkyl halides is 3. The highest BCUT2D eigenvalue weighted by Crippen LogP contribution is 2.38. The Morgan fingerprint density at radius 1 is 1.03 bits per heavy atom. The van der Waals surface area contributed by atoms with Crippen molar-refractivity contribution in [3.8, 4) is 34.2 Å². The molecule has 2 heterocycles. The van der Waals surface area contributed by atoms with Crippen molar-refractivity contribution in [1.29, 1.82) is 0 Å². The molecule has 0 aliphatic carbocycles. The number of imidazole rings is 1. The fraction of sp³-hybridized carbons (Fsp3) is 0.261. The average Bonchev–Trinajstić information content (AvgIpc) is 3.39. The van der Waals surface area contributed by atoms with Crippen LogP contribution in [0.5, 0.6) is 5.75 Å². The number of rotatable bonds is 5. The average molecular weight is 514 g/mol.